The number of aryl methyl sites for hydroxylation is 1. The van der Waals surface area contributed by atoms with Gasteiger partial charge in [0, 0.05) is 12.8 Å². The number of anilines is 1. The molecule has 0 radical (unpaired) electrons. The third-order valence-electron chi connectivity index (χ3n) is 4.42. The van der Waals surface area contributed by atoms with Crippen molar-refractivity contribution >= 4 is 39.1 Å². The minimum atomic E-state index is -0.781. The molecule has 3 aromatic rings. The lowest BCUT2D eigenvalue weighted by Crippen LogP contribution is -2.31. The number of thiophene rings is 1. The van der Waals surface area contributed by atoms with Gasteiger partial charge in [0.1, 0.15) is 22.4 Å². The molecule has 0 saturated heterocycles. The monoisotopic (exact) mass is 415 g/mol. The number of rotatable bonds is 7. The summed E-state index contributed by atoms with van der Waals surface area (Å²) >= 11 is 1.10. The number of methoxy groups -OCH3 is 1. The van der Waals surface area contributed by atoms with Gasteiger partial charge in [0.25, 0.3) is 5.56 Å². The number of carbonyl (C=O) groups excluding carboxylic acids is 2. The molecule has 0 aliphatic heterocycles. The van der Waals surface area contributed by atoms with E-state index in [1.54, 1.807) is 26.0 Å². The fraction of sp³-hybridized carbons (Fsp3) is 0.300. The number of para-hydroxylation sites is 1. The minimum Gasteiger partial charge on any atom is -0.459 e. The summed E-state index contributed by atoms with van der Waals surface area (Å²) in [5.74, 6) is -0.866. The first-order valence-corrected chi connectivity index (χ1v) is 9.78. The van der Waals surface area contributed by atoms with Gasteiger partial charge in [0.15, 0.2) is 0 Å². The highest BCUT2D eigenvalue weighted by atomic mass is 32.1. The van der Waals surface area contributed by atoms with Crippen LogP contribution in [-0.2, 0) is 14.3 Å². The van der Waals surface area contributed by atoms with Crippen molar-refractivity contribution < 1.29 is 19.1 Å². The predicted molar refractivity (Wildman–Crippen MR) is 111 cm³/mol. The van der Waals surface area contributed by atoms with Crippen molar-refractivity contribution in [3.05, 3.63) is 57.5 Å². The first-order valence-electron chi connectivity index (χ1n) is 8.96. The molecule has 1 aromatic carbocycles. The summed E-state index contributed by atoms with van der Waals surface area (Å²) in [6.07, 6.45) is 1.33. The zero-order chi connectivity index (χ0) is 21.0. The number of hydrogen-bond donors (Lipinski definition) is 1. The number of fused-ring (bicyclic) bond motifs is 1. The number of esters is 1. The Kier molecular flexibility index (Phi) is 6.40. The molecule has 1 atom stereocenters. The highest BCUT2D eigenvalue weighted by Gasteiger charge is 2.23. The molecule has 0 aliphatic rings. The van der Waals surface area contributed by atoms with E-state index in [0.29, 0.717) is 26.3 Å². The van der Waals surface area contributed by atoms with Crippen LogP contribution in [0.15, 0.2) is 41.5 Å². The fourth-order valence-corrected chi connectivity index (χ4v) is 3.82. The minimum absolute atomic E-state index is 0.122. The zero-order valence-electron chi connectivity index (χ0n) is 16.3. The fourth-order valence-electron chi connectivity index (χ4n) is 2.79. The second kappa shape index (κ2) is 8.97. The van der Waals surface area contributed by atoms with Crippen molar-refractivity contribution in [2.45, 2.75) is 19.9 Å². The van der Waals surface area contributed by atoms with Gasteiger partial charge in [0.2, 0.25) is 5.91 Å². The summed E-state index contributed by atoms with van der Waals surface area (Å²) in [4.78, 5) is 42.9. The molecule has 3 rings (SSSR count). The molecule has 9 heteroatoms. The second-order valence-corrected chi connectivity index (χ2v) is 7.35. The average molecular weight is 415 g/mol. The van der Waals surface area contributed by atoms with Crippen LogP contribution in [0.1, 0.15) is 28.2 Å². The normalized spacial score (nSPS) is 12.0. The third kappa shape index (κ3) is 4.36. The Morgan fingerprint density at radius 1 is 1.24 bits per heavy atom. The van der Waals surface area contributed by atoms with Crippen LogP contribution in [0.2, 0.25) is 0 Å². The van der Waals surface area contributed by atoms with E-state index in [2.05, 4.69) is 10.3 Å². The van der Waals surface area contributed by atoms with E-state index in [1.165, 1.54) is 18.0 Å². The first kappa shape index (κ1) is 20.7. The maximum absolute atomic E-state index is 13.0. The molecule has 152 valence electrons. The summed E-state index contributed by atoms with van der Waals surface area (Å²) < 4.78 is 11.3. The van der Waals surface area contributed by atoms with Crippen molar-refractivity contribution in [1.29, 1.82) is 0 Å². The van der Waals surface area contributed by atoms with E-state index in [4.69, 9.17) is 9.47 Å². The summed E-state index contributed by atoms with van der Waals surface area (Å²) in [6, 6.07) is 8.21. The molecule has 29 heavy (non-hydrogen) atoms. The van der Waals surface area contributed by atoms with E-state index >= 15 is 0 Å². The molecule has 0 fully saturated rings. The number of nitrogens with one attached hydrogen (secondary N) is 1. The van der Waals surface area contributed by atoms with E-state index < -0.39 is 12.0 Å². The van der Waals surface area contributed by atoms with Gasteiger partial charge in [-0.15, -0.1) is 11.3 Å². The van der Waals surface area contributed by atoms with Gasteiger partial charge in [-0.25, -0.2) is 9.78 Å². The molecular weight excluding hydrogens is 394 g/mol. The van der Waals surface area contributed by atoms with Crippen LogP contribution in [0.4, 0.5) is 5.69 Å². The van der Waals surface area contributed by atoms with Crippen LogP contribution in [0, 0.1) is 6.92 Å². The molecular formula is C20H21N3O5S. The Labute approximate surface area is 171 Å². The maximum atomic E-state index is 13.0. The Balaban J connectivity index is 1.89. The van der Waals surface area contributed by atoms with Crippen LogP contribution < -0.4 is 10.9 Å². The van der Waals surface area contributed by atoms with Gasteiger partial charge < -0.3 is 14.8 Å². The highest BCUT2D eigenvalue weighted by Crippen LogP contribution is 2.28. The van der Waals surface area contributed by atoms with Crippen LogP contribution >= 0.6 is 11.3 Å². The Bertz CT molecular complexity index is 1090. The Morgan fingerprint density at radius 3 is 2.66 bits per heavy atom. The van der Waals surface area contributed by atoms with Crippen molar-refractivity contribution in [2.75, 3.05) is 25.6 Å². The van der Waals surface area contributed by atoms with Gasteiger partial charge >= 0.3 is 5.97 Å². The topological polar surface area (TPSA) is 99.5 Å². The Morgan fingerprint density at radius 2 is 1.97 bits per heavy atom. The molecule has 2 heterocycles. The van der Waals surface area contributed by atoms with Crippen LogP contribution in [0.3, 0.4) is 0 Å². The van der Waals surface area contributed by atoms with Crippen molar-refractivity contribution in [1.82, 2.24) is 9.55 Å². The van der Waals surface area contributed by atoms with Crippen LogP contribution in [0.5, 0.6) is 0 Å². The number of hydrogen-bond acceptors (Lipinski definition) is 7. The van der Waals surface area contributed by atoms with E-state index in [1.807, 2.05) is 18.2 Å². The first-order chi connectivity index (χ1) is 13.9. The van der Waals surface area contributed by atoms with Crippen LogP contribution in [0.25, 0.3) is 10.2 Å². The van der Waals surface area contributed by atoms with E-state index in [9.17, 15) is 14.4 Å². The van der Waals surface area contributed by atoms with E-state index in [-0.39, 0.29) is 24.7 Å². The molecule has 0 spiro atoms. The summed E-state index contributed by atoms with van der Waals surface area (Å²) in [6.45, 7) is 3.70. The van der Waals surface area contributed by atoms with Gasteiger partial charge in [-0.1, -0.05) is 18.2 Å². The molecule has 8 nitrogen and oxygen atoms in total. The van der Waals surface area contributed by atoms with Gasteiger partial charge in [0.05, 0.1) is 18.3 Å². The SMILES string of the molecule is COCCOC(=O)c1sc2ncn(C(C)C(=O)Nc3ccccc3)c(=O)c2c1C. The smallest absolute Gasteiger partial charge is 0.348 e. The molecule has 1 N–H and O–H groups in total. The predicted octanol–water partition coefficient (Wildman–Crippen LogP) is 2.77. The van der Waals surface area contributed by atoms with E-state index in [0.717, 1.165) is 11.3 Å². The van der Waals surface area contributed by atoms with Crippen molar-refractivity contribution in [3.63, 3.8) is 0 Å². The molecule has 0 saturated carbocycles. The lowest BCUT2D eigenvalue weighted by atomic mass is 10.2. The molecule has 0 bridgehead atoms. The average Bonchev–Trinajstić information content (AvgIpc) is 3.06. The highest BCUT2D eigenvalue weighted by molar-refractivity contribution is 7.20. The van der Waals surface area contributed by atoms with Crippen LogP contribution in [-0.4, -0.2) is 41.8 Å². The molecule has 0 aliphatic carbocycles. The quantitative estimate of drug-likeness (QED) is 0.471. The number of benzene rings is 1. The number of nitrogens with zero attached hydrogens (tertiary/aromatic N) is 2. The molecule has 1 unspecified atom stereocenters. The molecule has 2 aromatic heterocycles. The number of aromatic nitrogens is 2. The van der Waals surface area contributed by atoms with Crippen molar-refractivity contribution in [2.24, 2.45) is 0 Å². The number of ether oxygens (including phenoxy) is 2. The summed E-state index contributed by atoms with van der Waals surface area (Å²) in [7, 11) is 1.51. The second-order valence-electron chi connectivity index (χ2n) is 6.35. The lowest BCUT2D eigenvalue weighted by Gasteiger charge is -2.14. The lowest BCUT2D eigenvalue weighted by molar-refractivity contribution is -0.118. The summed E-state index contributed by atoms with van der Waals surface area (Å²) in [5, 5.41) is 3.09. The largest absolute Gasteiger partial charge is 0.459 e. The van der Waals surface area contributed by atoms with Gasteiger partial charge in [-0.3, -0.25) is 14.2 Å². The summed E-state index contributed by atoms with van der Waals surface area (Å²) in [5.41, 5.74) is 0.754. The zero-order valence-corrected chi connectivity index (χ0v) is 17.1. The third-order valence-corrected chi connectivity index (χ3v) is 5.60. The standard InChI is InChI=1S/C20H21N3O5S/c1-12-15-18(29-16(12)20(26)28-10-9-27-3)21-11-23(19(15)25)13(2)17(24)22-14-7-5-4-6-8-14/h4-8,11,13H,9-10H2,1-3H3,(H,22,24). The van der Waals surface area contributed by atoms with Gasteiger partial charge in [-0.05, 0) is 31.5 Å². The van der Waals surface area contributed by atoms with Gasteiger partial charge in [-0.2, -0.15) is 0 Å². The Hall–Kier alpha value is -3.04. The number of carbonyl (C=O) groups is 2. The van der Waals surface area contributed by atoms with Crippen molar-refractivity contribution in [3.8, 4) is 0 Å². The number of amides is 1. The maximum Gasteiger partial charge on any atom is 0.348 e. The molecule has 1 amide bonds.